The Morgan fingerprint density at radius 1 is 1.58 bits per heavy atom. The molecule has 0 aliphatic heterocycles. The number of aromatic nitrogens is 2. The summed E-state index contributed by atoms with van der Waals surface area (Å²) in [6.07, 6.45) is 2.21. The maximum atomic E-state index is 11.8. The van der Waals surface area contributed by atoms with Gasteiger partial charge in [-0.3, -0.25) is 4.79 Å². The van der Waals surface area contributed by atoms with Gasteiger partial charge in [0.25, 0.3) is 0 Å². The lowest BCUT2D eigenvalue weighted by molar-refractivity contribution is -0.120. The number of hydrogen-bond acceptors (Lipinski definition) is 7. The molecule has 0 radical (unpaired) electrons. The molecule has 1 fully saturated rings. The van der Waals surface area contributed by atoms with Crippen molar-refractivity contribution in [1.29, 1.82) is 0 Å². The Kier molecular flexibility index (Phi) is 5.41. The fourth-order valence-corrected chi connectivity index (χ4v) is 3.27. The van der Waals surface area contributed by atoms with E-state index in [-0.39, 0.29) is 11.2 Å². The van der Waals surface area contributed by atoms with E-state index in [2.05, 4.69) is 20.8 Å². The van der Waals surface area contributed by atoms with Gasteiger partial charge >= 0.3 is 0 Å². The monoisotopic (exact) mass is 302 g/mol. The summed E-state index contributed by atoms with van der Waals surface area (Å²) in [6.45, 7) is 3.22. The Morgan fingerprint density at radius 2 is 2.37 bits per heavy atom. The van der Waals surface area contributed by atoms with E-state index in [1.807, 2.05) is 6.92 Å². The molecule has 2 N–H and O–H groups in total. The number of hydrogen-bond donors (Lipinski definition) is 2. The zero-order valence-electron chi connectivity index (χ0n) is 11.0. The van der Waals surface area contributed by atoms with Crippen LogP contribution in [0, 0.1) is 0 Å². The van der Waals surface area contributed by atoms with E-state index >= 15 is 0 Å². The van der Waals surface area contributed by atoms with Crippen molar-refractivity contribution < 1.29 is 9.53 Å². The SMILES string of the molecule is COCCNc1nnc(SC(C)C(=O)NC2CC2)s1. The van der Waals surface area contributed by atoms with Crippen molar-refractivity contribution >= 4 is 34.1 Å². The standard InChI is InChI=1S/C11H18N4O2S2/c1-7(9(16)13-8-3-4-8)18-11-15-14-10(19-11)12-5-6-17-2/h7-8H,3-6H2,1-2H3,(H,12,14)(H,13,16). The van der Waals surface area contributed by atoms with Crippen molar-refractivity contribution in [3.05, 3.63) is 0 Å². The summed E-state index contributed by atoms with van der Waals surface area (Å²) in [6, 6.07) is 0.399. The number of rotatable bonds is 8. The van der Waals surface area contributed by atoms with Gasteiger partial charge in [0.15, 0.2) is 4.34 Å². The average molecular weight is 302 g/mol. The van der Waals surface area contributed by atoms with Crippen LogP contribution in [0.3, 0.4) is 0 Å². The molecule has 19 heavy (non-hydrogen) atoms. The number of ether oxygens (including phenoxy) is 1. The lowest BCUT2D eigenvalue weighted by Gasteiger charge is -2.08. The molecule has 0 aromatic carbocycles. The molecular weight excluding hydrogens is 284 g/mol. The van der Waals surface area contributed by atoms with Gasteiger partial charge in [0.2, 0.25) is 11.0 Å². The fourth-order valence-electron chi connectivity index (χ4n) is 1.34. The first-order valence-electron chi connectivity index (χ1n) is 6.22. The Labute approximate surface area is 120 Å². The molecule has 1 aliphatic rings. The second-order valence-corrected chi connectivity index (χ2v) is 6.90. The number of nitrogens with zero attached hydrogens (tertiary/aromatic N) is 2. The normalized spacial score (nSPS) is 16.1. The van der Waals surface area contributed by atoms with Gasteiger partial charge < -0.3 is 15.4 Å². The van der Waals surface area contributed by atoms with Crippen LogP contribution < -0.4 is 10.6 Å². The molecule has 2 rings (SSSR count). The van der Waals surface area contributed by atoms with Crippen molar-refractivity contribution in [2.75, 3.05) is 25.6 Å². The molecule has 1 saturated carbocycles. The summed E-state index contributed by atoms with van der Waals surface area (Å²) in [5.74, 6) is 0.0802. The molecule has 1 unspecified atom stereocenters. The van der Waals surface area contributed by atoms with Gasteiger partial charge in [-0.05, 0) is 19.8 Å². The maximum Gasteiger partial charge on any atom is 0.233 e. The average Bonchev–Trinajstić information content (AvgIpc) is 3.09. The van der Waals surface area contributed by atoms with Gasteiger partial charge in [-0.15, -0.1) is 10.2 Å². The second-order valence-electron chi connectivity index (χ2n) is 4.34. The molecule has 1 aromatic heterocycles. The first kappa shape index (κ1) is 14.5. The summed E-state index contributed by atoms with van der Waals surface area (Å²) in [4.78, 5) is 11.8. The number of carbonyl (C=O) groups is 1. The molecular formula is C11H18N4O2S2. The Bertz CT molecular complexity index is 423. The summed E-state index contributed by atoms with van der Waals surface area (Å²) < 4.78 is 5.75. The van der Waals surface area contributed by atoms with Gasteiger partial charge in [0.1, 0.15) is 0 Å². The third-order valence-electron chi connectivity index (χ3n) is 2.56. The molecule has 1 aliphatic carbocycles. The first-order valence-corrected chi connectivity index (χ1v) is 7.92. The minimum absolute atomic E-state index is 0.0802. The van der Waals surface area contributed by atoms with Gasteiger partial charge in [0, 0.05) is 19.7 Å². The molecule has 0 bridgehead atoms. The summed E-state index contributed by atoms with van der Waals surface area (Å²) in [7, 11) is 1.66. The Hall–Kier alpha value is -0.860. The van der Waals surface area contributed by atoms with Crippen molar-refractivity contribution in [3.8, 4) is 0 Å². The molecule has 1 amide bonds. The summed E-state index contributed by atoms with van der Waals surface area (Å²) >= 11 is 2.90. The lowest BCUT2D eigenvalue weighted by Crippen LogP contribution is -2.32. The molecule has 1 atom stereocenters. The molecule has 0 saturated heterocycles. The molecule has 106 valence electrons. The van der Waals surface area contributed by atoms with Crippen LogP contribution in [-0.4, -0.2) is 47.7 Å². The number of amides is 1. The predicted molar refractivity (Wildman–Crippen MR) is 76.8 cm³/mol. The highest BCUT2D eigenvalue weighted by atomic mass is 32.2. The maximum absolute atomic E-state index is 11.8. The predicted octanol–water partition coefficient (Wildman–Crippen LogP) is 1.36. The van der Waals surface area contributed by atoms with Gasteiger partial charge in [-0.2, -0.15) is 0 Å². The highest BCUT2D eigenvalue weighted by Crippen LogP contribution is 2.29. The summed E-state index contributed by atoms with van der Waals surface area (Å²) in [5, 5.41) is 14.8. The van der Waals surface area contributed by atoms with E-state index in [9.17, 15) is 4.79 Å². The van der Waals surface area contributed by atoms with Crippen LogP contribution in [0.5, 0.6) is 0 Å². The van der Waals surface area contributed by atoms with Gasteiger partial charge in [-0.1, -0.05) is 23.1 Å². The van der Waals surface area contributed by atoms with Crippen LogP contribution in [0.4, 0.5) is 5.13 Å². The molecule has 0 spiro atoms. The minimum Gasteiger partial charge on any atom is -0.383 e. The molecule has 8 heteroatoms. The first-order chi connectivity index (χ1) is 9.19. The third-order valence-corrected chi connectivity index (χ3v) is 4.62. The van der Waals surface area contributed by atoms with Gasteiger partial charge in [-0.25, -0.2) is 0 Å². The fraction of sp³-hybridized carbons (Fsp3) is 0.727. The van der Waals surface area contributed by atoms with E-state index in [1.54, 1.807) is 7.11 Å². The molecule has 1 heterocycles. The third kappa shape index (κ3) is 4.96. The second kappa shape index (κ2) is 7.06. The van der Waals surface area contributed by atoms with E-state index in [0.29, 0.717) is 19.2 Å². The van der Waals surface area contributed by atoms with E-state index in [1.165, 1.54) is 23.1 Å². The highest BCUT2D eigenvalue weighted by molar-refractivity contribution is 8.02. The molecule has 6 nitrogen and oxygen atoms in total. The number of nitrogens with one attached hydrogen (secondary N) is 2. The number of carbonyl (C=O) groups excluding carboxylic acids is 1. The van der Waals surface area contributed by atoms with E-state index in [4.69, 9.17) is 4.74 Å². The topological polar surface area (TPSA) is 76.1 Å². The zero-order valence-corrected chi connectivity index (χ0v) is 12.6. The molecule has 1 aromatic rings. The van der Waals surface area contributed by atoms with Crippen molar-refractivity contribution in [2.24, 2.45) is 0 Å². The largest absolute Gasteiger partial charge is 0.383 e. The smallest absolute Gasteiger partial charge is 0.233 e. The van der Waals surface area contributed by atoms with Crippen LogP contribution >= 0.6 is 23.1 Å². The number of thioether (sulfide) groups is 1. The zero-order chi connectivity index (χ0) is 13.7. The Morgan fingerprint density at radius 3 is 3.05 bits per heavy atom. The van der Waals surface area contributed by atoms with Crippen LogP contribution in [-0.2, 0) is 9.53 Å². The quantitative estimate of drug-likeness (QED) is 0.558. The van der Waals surface area contributed by atoms with Crippen LogP contribution in [0.1, 0.15) is 19.8 Å². The minimum atomic E-state index is -0.139. The highest BCUT2D eigenvalue weighted by Gasteiger charge is 2.26. The Balaban J connectivity index is 1.76. The van der Waals surface area contributed by atoms with E-state index in [0.717, 1.165) is 22.3 Å². The van der Waals surface area contributed by atoms with Crippen molar-refractivity contribution in [3.63, 3.8) is 0 Å². The van der Waals surface area contributed by atoms with Crippen molar-refractivity contribution in [2.45, 2.75) is 35.4 Å². The number of methoxy groups -OCH3 is 1. The van der Waals surface area contributed by atoms with E-state index < -0.39 is 0 Å². The van der Waals surface area contributed by atoms with Crippen LogP contribution in [0.15, 0.2) is 4.34 Å². The lowest BCUT2D eigenvalue weighted by atomic mass is 10.4. The summed E-state index contributed by atoms with van der Waals surface area (Å²) in [5.41, 5.74) is 0. The van der Waals surface area contributed by atoms with Crippen LogP contribution in [0.2, 0.25) is 0 Å². The van der Waals surface area contributed by atoms with Crippen molar-refractivity contribution in [1.82, 2.24) is 15.5 Å². The number of anilines is 1. The van der Waals surface area contributed by atoms with Crippen LogP contribution in [0.25, 0.3) is 0 Å². The van der Waals surface area contributed by atoms with Gasteiger partial charge in [0.05, 0.1) is 11.9 Å².